The number of Topliss-reactive ketones (excluding diaryl/α,β-unsaturated/α-hetero) is 1. The quantitative estimate of drug-likeness (QED) is 0.861. The van der Waals surface area contributed by atoms with E-state index in [1.165, 1.54) is 0 Å². The molecule has 2 rings (SSSR count). The van der Waals surface area contributed by atoms with Gasteiger partial charge in [0.1, 0.15) is 5.75 Å². The molecule has 1 unspecified atom stereocenters. The van der Waals surface area contributed by atoms with Crippen LogP contribution in [0.5, 0.6) is 5.75 Å². The van der Waals surface area contributed by atoms with Crippen LogP contribution in [0.4, 0.5) is 0 Å². The molecule has 0 saturated carbocycles. The van der Waals surface area contributed by atoms with Crippen LogP contribution in [0, 0.1) is 13.8 Å². The van der Waals surface area contributed by atoms with Crippen LogP contribution >= 0.6 is 11.6 Å². The second-order valence-corrected chi connectivity index (χ2v) is 6.09. The number of benzene rings is 1. The summed E-state index contributed by atoms with van der Waals surface area (Å²) in [5.74, 6) is 0.779. The molecule has 0 spiro atoms. The summed E-state index contributed by atoms with van der Waals surface area (Å²) in [6.45, 7) is 8.64. The van der Waals surface area contributed by atoms with Crippen molar-refractivity contribution in [3.63, 3.8) is 0 Å². The van der Waals surface area contributed by atoms with E-state index in [-0.39, 0.29) is 17.9 Å². The number of hydrogen-bond acceptors (Lipinski definition) is 3. The molecule has 1 aromatic rings. The fraction of sp³-hybridized carbons (Fsp3) is 0.562. The highest BCUT2D eigenvalue weighted by Crippen LogP contribution is 2.34. The SMILES string of the molecule is Cc1cc(Cl)c(C)c(C(=O)C2CCCN2)c1OC(C)C. The van der Waals surface area contributed by atoms with Crippen LogP contribution in [0.2, 0.25) is 5.02 Å². The van der Waals surface area contributed by atoms with E-state index in [9.17, 15) is 4.79 Å². The van der Waals surface area contributed by atoms with Crippen molar-refractivity contribution in [1.82, 2.24) is 5.32 Å². The van der Waals surface area contributed by atoms with Crippen molar-refractivity contribution >= 4 is 17.4 Å². The Bertz CT molecular complexity index is 520. The molecule has 1 saturated heterocycles. The molecule has 1 fully saturated rings. The van der Waals surface area contributed by atoms with Crippen LogP contribution < -0.4 is 10.1 Å². The second kappa shape index (κ2) is 6.15. The van der Waals surface area contributed by atoms with Crippen LogP contribution in [0.1, 0.15) is 48.2 Å². The van der Waals surface area contributed by atoms with Crippen molar-refractivity contribution in [1.29, 1.82) is 0 Å². The molecule has 1 atom stereocenters. The number of hydrogen-bond donors (Lipinski definition) is 1. The lowest BCUT2D eigenvalue weighted by Crippen LogP contribution is -2.32. The standard InChI is InChI=1S/C16H22ClNO2/c1-9(2)20-16-10(3)8-12(17)11(4)14(16)15(19)13-6-5-7-18-13/h8-9,13,18H,5-7H2,1-4H3. The summed E-state index contributed by atoms with van der Waals surface area (Å²) in [7, 11) is 0. The number of ketones is 1. The molecule has 1 N–H and O–H groups in total. The predicted molar refractivity (Wildman–Crippen MR) is 82.0 cm³/mol. The summed E-state index contributed by atoms with van der Waals surface area (Å²) in [5, 5.41) is 3.88. The van der Waals surface area contributed by atoms with E-state index in [0.717, 1.165) is 30.5 Å². The van der Waals surface area contributed by atoms with Crippen molar-refractivity contribution < 1.29 is 9.53 Å². The van der Waals surface area contributed by atoms with Crippen LogP contribution in [-0.2, 0) is 0 Å². The van der Waals surface area contributed by atoms with E-state index >= 15 is 0 Å². The van der Waals surface area contributed by atoms with Crippen molar-refractivity contribution in [2.45, 2.75) is 52.7 Å². The third-order valence-corrected chi connectivity index (χ3v) is 4.03. The number of carbonyl (C=O) groups is 1. The van der Waals surface area contributed by atoms with Gasteiger partial charge in [0.15, 0.2) is 5.78 Å². The maximum Gasteiger partial charge on any atom is 0.183 e. The maximum absolute atomic E-state index is 12.8. The Kier molecular flexibility index (Phi) is 4.71. The molecular formula is C16H22ClNO2. The largest absolute Gasteiger partial charge is 0.490 e. The van der Waals surface area contributed by atoms with Gasteiger partial charge >= 0.3 is 0 Å². The molecule has 0 bridgehead atoms. The minimum atomic E-state index is -0.110. The van der Waals surface area contributed by atoms with Crippen LogP contribution in [0.25, 0.3) is 0 Å². The molecule has 1 aliphatic rings. The Hall–Kier alpha value is -1.06. The highest BCUT2D eigenvalue weighted by atomic mass is 35.5. The van der Waals surface area contributed by atoms with E-state index in [2.05, 4.69) is 5.32 Å². The Balaban J connectivity index is 2.50. The average Bonchev–Trinajstić information content (AvgIpc) is 2.89. The van der Waals surface area contributed by atoms with Gasteiger partial charge in [-0.3, -0.25) is 4.79 Å². The second-order valence-electron chi connectivity index (χ2n) is 5.68. The van der Waals surface area contributed by atoms with Gasteiger partial charge in [0.25, 0.3) is 0 Å². The van der Waals surface area contributed by atoms with Gasteiger partial charge < -0.3 is 10.1 Å². The van der Waals surface area contributed by atoms with Crippen molar-refractivity contribution in [2.75, 3.05) is 6.54 Å². The summed E-state index contributed by atoms with van der Waals surface area (Å²) in [6, 6.07) is 1.76. The Morgan fingerprint density at radius 2 is 2.15 bits per heavy atom. The Labute approximate surface area is 125 Å². The zero-order chi connectivity index (χ0) is 14.9. The van der Waals surface area contributed by atoms with Gasteiger partial charge in [-0.2, -0.15) is 0 Å². The highest BCUT2D eigenvalue weighted by molar-refractivity contribution is 6.32. The fourth-order valence-corrected chi connectivity index (χ4v) is 2.88. The number of ether oxygens (including phenoxy) is 1. The van der Waals surface area contributed by atoms with Gasteiger partial charge in [-0.05, 0) is 64.3 Å². The molecule has 3 nitrogen and oxygen atoms in total. The summed E-state index contributed by atoms with van der Waals surface area (Å²) < 4.78 is 5.89. The summed E-state index contributed by atoms with van der Waals surface area (Å²) in [5.41, 5.74) is 2.37. The first-order valence-corrected chi connectivity index (χ1v) is 7.53. The van der Waals surface area contributed by atoms with E-state index in [4.69, 9.17) is 16.3 Å². The highest BCUT2D eigenvalue weighted by Gasteiger charge is 2.29. The molecule has 4 heteroatoms. The molecule has 0 aromatic heterocycles. The van der Waals surface area contributed by atoms with Gasteiger partial charge in [0.05, 0.1) is 17.7 Å². The molecule has 1 heterocycles. The lowest BCUT2D eigenvalue weighted by molar-refractivity contribution is 0.0945. The molecule has 1 aromatic carbocycles. The van der Waals surface area contributed by atoms with Gasteiger partial charge in [0, 0.05) is 5.02 Å². The van der Waals surface area contributed by atoms with Crippen LogP contribution in [-0.4, -0.2) is 24.5 Å². The lowest BCUT2D eigenvalue weighted by atomic mass is 9.95. The number of rotatable bonds is 4. The molecule has 0 radical (unpaired) electrons. The van der Waals surface area contributed by atoms with Gasteiger partial charge in [0.2, 0.25) is 0 Å². The zero-order valence-corrected chi connectivity index (χ0v) is 13.3. The van der Waals surface area contributed by atoms with Crippen molar-refractivity contribution in [3.05, 3.63) is 27.8 Å². The number of aryl methyl sites for hydroxylation is 1. The molecule has 1 aliphatic heterocycles. The molecule has 110 valence electrons. The minimum absolute atomic E-state index is 0.0253. The zero-order valence-electron chi connectivity index (χ0n) is 12.5. The molecule has 0 aliphatic carbocycles. The van der Waals surface area contributed by atoms with Gasteiger partial charge in [-0.1, -0.05) is 11.6 Å². The first kappa shape index (κ1) is 15.3. The van der Waals surface area contributed by atoms with E-state index in [1.54, 1.807) is 0 Å². The predicted octanol–water partition coefficient (Wildman–Crippen LogP) is 3.68. The van der Waals surface area contributed by atoms with E-state index in [1.807, 2.05) is 33.8 Å². The fourth-order valence-electron chi connectivity index (χ4n) is 2.62. The number of halogens is 1. The Morgan fingerprint density at radius 1 is 1.45 bits per heavy atom. The van der Waals surface area contributed by atoms with E-state index in [0.29, 0.717) is 16.3 Å². The summed E-state index contributed by atoms with van der Waals surface area (Å²) in [4.78, 5) is 12.8. The third-order valence-electron chi connectivity index (χ3n) is 3.64. The van der Waals surface area contributed by atoms with Gasteiger partial charge in [-0.15, -0.1) is 0 Å². The number of carbonyl (C=O) groups excluding carboxylic acids is 1. The maximum atomic E-state index is 12.8. The van der Waals surface area contributed by atoms with Crippen molar-refractivity contribution in [2.24, 2.45) is 0 Å². The normalized spacial score (nSPS) is 18.6. The first-order valence-electron chi connectivity index (χ1n) is 7.15. The van der Waals surface area contributed by atoms with Gasteiger partial charge in [-0.25, -0.2) is 0 Å². The van der Waals surface area contributed by atoms with Crippen LogP contribution in [0.3, 0.4) is 0 Å². The molecule has 0 amide bonds. The first-order chi connectivity index (χ1) is 9.41. The average molecular weight is 296 g/mol. The van der Waals surface area contributed by atoms with E-state index < -0.39 is 0 Å². The van der Waals surface area contributed by atoms with Crippen LogP contribution in [0.15, 0.2) is 6.07 Å². The van der Waals surface area contributed by atoms with Crippen molar-refractivity contribution in [3.8, 4) is 5.75 Å². The third kappa shape index (κ3) is 2.99. The Morgan fingerprint density at radius 3 is 2.70 bits per heavy atom. The lowest BCUT2D eigenvalue weighted by Gasteiger charge is -2.21. The molecular weight excluding hydrogens is 274 g/mol. The smallest absolute Gasteiger partial charge is 0.183 e. The molecule has 20 heavy (non-hydrogen) atoms. The number of nitrogens with one attached hydrogen (secondary N) is 1. The topological polar surface area (TPSA) is 38.3 Å². The summed E-state index contributed by atoms with van der Waals surface area (Å²) >= 11 is 6.25. The monoisotopic (exact) mass is 295 g/mol. The minimum Gasteiger partial charge on any atom is -0.490 e. The summed E-state index contributed by atoms with van der Waals surface area (Å²) in [6.07, 6.45) is 1.94.